The fourth-order valence-corrected chi connectivity index (χ4v) is 5.22. The van der Waals surface area contributed by atoms with Crippen molar-refractivity contribution in [2.75, 3.05) is 20.1 Å². The first kappa shape index (κ1) is 20.9. The molecule has 2 heterocycles. The Balaban J connectivity index is 1.43. The van der Waals surface area contributed by atoms with E-state index in [1.54, 1.807) is 30.1 Å². The molecule has 5 rings (SSSR count). The number of hydrogen-bond donors (Lipinski definition) is 0. The predicted octanol–water partition coefficient (Wildman–Crippen LogP) is 4.26. The van der Waals surface area contributed by atoms with Crippen molar-refractivity contribution in [1.82, 2.24) is 9.80 Å². The van der Waals surface area contributed by atoms with Gasteiger partial charge in [-0.05, 0) is 42.7 Å². The summed E-state index contributed by atoms with van der Waals surface area (Å²) in [4.78, 5) is 29.7. The van der Waals surface area contributed by atoms with Gasteiger partial charge in [0.15, 0.2) is 0 Å². The van der Waals surface area contributed by atoms with Crippen LogP contribution in [0.2, 0.25) is 0 Å². The topological polar surface area (TPSA) is 49.9 Å². The smallest absolute Gasteiger partial charge is 0.257 e. The maximum atomic E-state index is 14.3. The number of carbonyl (C=O) groups is 2. The van der Waals surface area contributed by atoms with Gasteiger partial charge in [-0.2, -0.15) is 0 Å². The fourth-order valence-electron chi connectivity index (χ4n) is 5.22. The fraction of sp³-hybridized carbons (Fsp3) is 0.440. The first-order valence-electron chi connectivity index (χ1n) is 11.2. The minimum atomic E-state index is -0.676. The zero-order valence-electron chi connectivity index (χ0n) is 18.0. The van der Waals surface area contributed by atoms with E-state index in [-0.39, 0.29) is 35.4 Å². The lowest BCUT2D eigenvalue weighted by atomic mass is 9.88. The van der Waals surface area contributed by atoms with Crippen molar-refractivity contribution in [2.24, 2.45) is 5.92 Å². The van der Waals surface area contributed by atoms with Crippen LogP contribution < -0.4 is 4.74 Å². The molecule has 32 heavy (non-hydrogen) atoms. The summed E-state index contributed by atoms with van der Waals surface area (Å²) in [6.45, 7) is 0.877. The number of rotatable bonds is 2. The van der Waals surface area contributed by atoms with Crippen molar-refractivity contribution in [2.45, 2.75) is 44.2 Å². The molecule has 0 spiro atoms. The van der Waals surface area contributed by atoms with Crippen LogP contribution in [0.3, 0.4) is 0 Å². The number of likely N-dealkylation sites (tertiary alicyclic amines) is 1. The molecule has 0 N–H and O–H groups in total. The van der Waals surface area contributed by atoms with E-state index in [0.29, 0.717) is 30.0 Å². The Bertz CT molecular complexity index is 1070. The standard InChI is InChI=1S/C25H26F2N2O3/c1-28-21-13-29(24(30)15-5-3-2-4-6-15)14-23(21)32-22-11-16(7-9-19(22)25(28)31)18-10-8-17(26)12-20(18)27/h7-12,15,21,23H,2-6,13-14H2,1H3/t21-,23+/m1/s1. The lowest BCUT2D eigenvalue weighted by Crippen LogP contribution is -2.44. The average molecular weight is 440 g/mol. The molecular formula is C25H26F2N2O3. The number of likely N-dealkylation sites (N-methyl/N-ethyl adjacent to an activating group) is 1. The highest BCUT2D eigenvalue weighted by molar-refractivity contribution is 5.98. The summed E-state index contributed by atoms with van der Waals surface area (Å²) in [6.07, 6.45) is 4.85. The minimum absolute atomic E-state index is 0.0624. The quantitative estimate of drug-likeness (QED) is 0.701. The summed E-state index contributed by atoms with van der Waals surface area (Å²) in [6, 6.07) is 8.07. The SMILES string of the molecule is CN1C(=O)c2ccc(-c3ccc(F)cc3F)cc2O[C@H]2CN(C(=O)C3CCCCC3)C[C@H]21. The molecule has 0 unspecified atom stereocenters. The second-order valence-electron chi connectivity index (χ2n) is 9.05. The van der Waals surface area contributed by atoms with Gasteiger partial charge in [0.05, 0.1) is 18.2 Å². The molecule has 2 atom stereocenters. The molecule has 2 fully saturated rings. The average Bonchev–Trinajstić information content (AvgIpc) is 3.18. The van der Waals surface area contributed by atoms with Crippen LogP contribution in [-0.2, 0) is 4.79 Å². The van der Waals surface area contributed by atoms with E-state index in [2.05, 4.69) is 0 Å². The first-order chi connectivity index (χ1) is 15.4. The molecule has 0 radical (unpaired) electrons. The molecular weight excluding hydrogens is 414 g/mol. The molecule has 7 heteroatoms. The Morgan fingerprint density at radius 2 is 1.75 bits per heavy atom. The minimum Gasteiger partial charge on any atom is -0.485 e. The Hall–Kier alpha value is -2.96. The zero-order valence-corrected chi connectivity index (χ0v) is 18.0. The highest BCUT2D eigenvalue weighted by Gasteiger charge is 2.44. The lowest BCUT2D eigenvalue weighted by Gasteiger charge is -2.27. The second-order valence-corrected chi connectivity index (χ2v) is 9.05. The Labute approximate surface area is 186 Å². The molecule has 1 saturated heterocycles. The van der Waals surface area contributed by atoms with Crippen LogP contribution in [0, 0.1) is 17.6 Å². The zero-order chi connectivity index (χ0) is 22.4. The third-order valence-corrected chi connectivity index (χ3v) is 7.05. The van der Waals surface area contributed by atoms with Gasteiger partial charge in [-0.3, -0.25) is 9.59 Å². The Kier molecular flexibility index (Phi) is 5.35. The van der Waals surface area contributed by atoms with Crippen molar-refractivity contribution < 1.29 is 23.1 Å². The van der Waals surface area contributed by atoms with E-state index in [0.717, 1.165) is 31.7 Å². The van der Waals surface area contributed by atoms with Gasteiger partial charge in [-0.15, -0.1) is 0 Å². The molecule has 3 aliphatic rings. The molecule has 0 aromatic heterocycles. The van der Waals surface area contributed by atoms with E-state index in [9.17, 15) is 18.4 Å². The molecule has 1 aliphatic carbocycles. The summed E-state index contributed by atoms with van der Waals surface area (Å²) < 4.78 is 33.9. The Morgan fingerprint density at radius 3 is 2.50 bits per heavy atom. The van der Waals surface area contributed by atoms with Gasteiger partial charge in [0.1, 0.15) is 23.5 Å². The Morgan fingerprint density at radius 1 is 1.00 bits per heavy atom. The largest absolute Gasteiger partial charge is 0.485 e. The van der Waals surface area contributed by atoms with E-state index in [4.69, 9.17) is 4.74 Å². The molecule has 2 aromatic carbocycles. The summed E-state index contributed by atoms with van der Waals surface area (Å²) in [5.74, 6) is -0.930. The normalized spacial score (nSPS) is 23.4. The molecule has 5 nitrogen and oxygen atoms in total. The van der Waals surface area contributed by atoms with Gasteiger partial charge in [0.25, 0.3) is 5.91 Å². The number of carbonyl (C=O) groups excluding carboxylic acids is 2. The maximum Gasteiger partial charge on any atom is 0.257 e. The van der Waals surface area contributed by atoms with Gasteiger partial charge in [-0.25, -0.2) is 8.78 Å². The molecule has 2 aliphatic heterocycles. The van der Waals surface area contributed by atoms with Crippen LogP contribution in [0.1, 0.15) is 42.5 Å². The van der Waals surface area contributed by atoms with Gasteiger partial charge in [-0.1, -0.05) is 25.3 Å². The highest BCUT2D eigenvalue weighted by Crippen LogP contribution is 2.36. The van der Waals surface area contributed by atoms with Gasteiger partial charge < -0.3 is 14.5 Å². The van der Waals surface area contributed by atoms with Crippen LogP contribution in [0.5, 0.6) is 5.75 Å². The maximum absolute atomic E-state index is 14.3. The van der Waals surface area contributed by atoms with Crippen LogP contribution in [0.25, 0.3) is 11.1 Å². The van der Waals surface area contributed by atoms with Gasteiger partial charge in [0.2, 0.25) is 5.91 Å². The lowest BCUT2D eigenvalue weighted by molar-refractivity contribution is -0.135. The summed E-state index contributed by atoms with van der Waals surface area (Å²) in [5, 5.41) is 0. The number of ether oxygens (including phenoxy) is 1. The van der Waals surface area contributed by atoms with Crippen molar-refractivity contribution in [1.29, 1.82) is 0 Å². The summed E-state index contributed by atoms with van der Waals surface area (Å²) in [5.41, 5.74) is 1.14. The second kappa shape index (κ2) is 8.19. The van der Waals surface area contributed by atoms with Gasteiger partial charge in [0, 0.05) is 31.1 Å². The number of nitrogens with zero attached hydrogens (tertiary/aromatic N) is 2. The molecule has 2 aromatic rings. The van der Waals surface area contributed by atoms with Crippen molar-refractivity contribution in [3.8, 4) is 16.9 Å². The molecule has 0 bridgehead atoms. The predicted molar refractivity (Wildman–Crippen MR) is 115 cm³/mol. The highest BCUT2D eigenvalue weighted by atomic mass is 19.1. The number of amides is 2. The van der Waals surface area contributed by atoms with Crippen LogP contribution in [0.4, 0.5) is 8.78 Å². The third-order valence-electron chi connectivity index (χ3n) is 7.05. The molecule has 1 saturated carbocycles. The van der Waals surface area contributed by atoms with Crippen molar-refractivity contribution in [3.63, 3.8) is 0 Å². The first-order valence-corrected chi connectivity index (χ1v) is 11.2. The monoisotopic (exact) mass is 440 g/mol. The number of hydrogen-bond acceptors (Lipinski definition) is 3. The van der Waals surface area contributed by atoms with Crippen LogP contribution in [-0.4, -0.2) is 53.9 Å². The van der Waals surface area contributed by atoms with E-state index >= 15 is 0 Å². The van der Waals surface area contributed by atoms with E-state index in [1.807, 2.05) is 4.90 Å². The molecule has 168 valence electrons. The number of fused-ring (bicyclic) bond motifs is 2. The summed E-state index contributed by atoms with van der Waals surface area (Å²) >= 11 is 0. The van der Waals surface area contributed by atoms with E-state index in [1.165, 1.54) is 18.6 Å². The van der Waals surface area contributed by atoms with Crippen LogP contribution in [0.15, 0.2) is 36.4 Å². The number of halogens is 2. The van der Waals surface area contributed by atoms with Crippen LogP contribution >= 0.6 is 0 Å². The van der Waals surface area contributed by atoms with E-state index < -0.39 is 11.6 Å². The summed E-state index contributed by atoms with van der Waals surface area (Å²) in [7, 11) is 1.74. The van der Waals surface area contributed by atoms with Crippen molar-refractivity contribution in [3.05, 3.63) is 53.6 Å². The van der Waals surface area contributed by atoms with Gasteiger partial charge >= 0.3 is 0 Å². The number of benzene rings is 2. The van der Waals surface area contributed by atoms with Crippen molar-refractivity contribution >= 4 is 11.8 Å². The molecule has 2 amide bonds. The third kappa shape index (κ3) is 3.63.